The first-order chi connectivity index (χ1) is 10.2. The number of thiophene rings is 1. The summed E-state index contributed by atoms with van der Waals surface area (Å²) in [6.45, 7) is 1.66. The largest absolute Gasteiger partial charge is 0.338 e. The molecule has 1 aliphatic rings. The van der Waals surface area contributed by atoms with E-state index in [1.54, 1.807) is 11.8 Å². The first-order valence-electron chi connectivity index (χ1n) is 6.94. The topological polar surface area (TPSA) is 20.3 Å². The van der Waals surface area contributed by atoms with E-state index in [4.69, 9.17) is 0 Å². The van der Waals surface area contributed by atoms with Crippen molar-refractivity contribution in [2.75, 3.05) is 12.3 Å². The van der Waals surface area contributed by atoms with Gasteiger partial charge in [-0.05, 0) is 47.7 Å². The van der Waals surface area contributed by atoms with Gasteiger partial charge in [0.2, 0.25) is 5.91 Å². The van der Waals surface area contributed by atoms with E-state index < -0.39 is 0 Å². The molecular formula is C16H16BrNOS2. The number of hydrogen-bond acceptors (Lipinski definition) is 3. The molecule has 1 amide bonds. The maximum atomic E-state index is 12.3. The Morgan fingerprint density at radius 1 is 1.29 bits per heavy atom. The first-order valence-corrected chi connectivity index (χ1v) is 9.59. The Labute approximate surface area is 141 Å². The predicted octanol–water partition coefficient (Wildman–Crippen LogP) is 4.58. The number of carbonyl (C=O) groups excluding carboxylic acids is 1. The van der Waals surface area contributed by atoms with Crippen molar-refractivity contribution < 1.29 is 4.79 Å². The molecule has 2 aromatic rings. The summed E-state index contributed by atoms with van der Waals surface area (Å²) < 4.78 is 1.09. The van der Waals surface area contributed by atoms with Crippen LogP contribution >= 0.6 is 39.0 Å². The molecule has 2 heterocycles. The molecule has 0 fully saturated rings. The van der Waals surface area contributed by atoms with Crippen molar-refractivity contribution in [2.45, 2.75) is 24.3 Å². The first kappa shape index (κ1) is 15.1. The van der Waals surface area contributed by atoms with Crippen molar-refractivity contribution in [3.8, 4) is 0 Å². The number of amides is 1. The third-order valence-corrected chi connectivity index (χ3v) is 6.12. The molecule has 0 saturated heterocycles. The van der Waals surface area contributed by atoms with Gasteiger partial charge in [-0.1, -0.05) is 15.9 Å². The summed E-state index contributed by atoms with van der Waals surface area (Å²) in [5, 5.41) is 2.13. The van der Waals surface area contributed by atoms with E-state index in [-0.39, 0.29) is 5.91 Å². The van der Waals surface area contributed by atoms with E-state index in [0.29, 0.717) is 6.42 Å². The van der Waals surface area contributed by atoms with E-state index in [1.165, 1.54) is 15.3 Å². The van der Waals surface area contributed by atoms with Crippen molar-refractivity contribution in [1.82, 2.24) is 4.90 Å². The second kappa shape index (κ2) is 6.99. The Bertz CT molecular complexity index is 623. The summed E-state index contributed by atoms with van der Waals surface area (Å²) >= 11 is 6.98. The summed E-state index contributed by atoms with van der Waals surface area (Å²) in [6, 6.07) is 10.4. The van der Waals surface area contributed by atoms with Crippen LogP contribution in [0.4, 0.5) is 0 Å². The van der Waals surface area contributed by atoms with E-state index in [9.17, 15) is 4.79 Å². The molecule has 1 aromatic heterocycles. The van der Waals surface area contributed by atoms with Gasteiger partial charge >= 0.3 is 0 Å². The van der Waals surface area contributed by atoms with E-state index in [2.05, 4.69) is 39.5 Å². The lowest BCUT2D eigenvalue weighted by molar-refractivity contribution is -0.131. The predicted molar refractivity (Wildman–Crippen MR) is 92.9 cm³/mol. The summed E-state index contributed by atoms with van der Waals surface area (Å²) in [4.78, 5) is 16.9. The molecule has 0 aliphatic carbocycles. The van der Waals surface area contributed by atoms with Gasteiger partial charge in [-0.15, -0.1) is 23.1 Å². The van der Waals surface area contributed by atoms with Crippen LogP contribution in [0, 0.1) is 0 Å². The Kier molecular flexibility index (Phi) is 5.03. The standard InChI is InChI=1S/C16H16BrNOS2/c17-13-1-3-14(4-2-13)20-10-7-16(19)18-8-5-15-12(11-18)6-9-21-15/h1-4,6,9H,5,7-8,10-11H2. The maximum absolute atomic E-state index is 12.3. The van der Waals surface area contributed by atoms with Crippen LogP contribution in [0.2, 0.25) is 0 Å². The van der Waals surface area contributed by atoms with Gasteiger partial charge in [-0.3, -0.25) is 4.79 Å². The maximum Gasteiger partial charge on any atom is 0.223 e. The lowest BCUT2D eigenvalue weighted by Gasteiger charge is -2.27. The molecule has 0 atom stereocenters. The molecule has 0 saturated carbocycles. The van der Waals surface area contributed by atoms with Gasteiger partial charge in [0.15, 0.2) is 0 Å². The number of hydrogen-bond donors (Lipinski definition) is 0. The van der Waals surface area contributed by atoms with Crippen LogP contribution in [0.1, 0.15) is 16.9 Å². The highest BCUT2D eigenvalue weighted by molar-refractivity contribution is 9.10. The number of nitrogens with zero attached hydrogens (tertiary/aromatic N) is 1. The highest BCUT2D eigenvalue weighted by Crippen LogP contribution is 2.25. The molecule has 21 heavy (non-hydrogen) atoms. The zero-order valence-electron chi connectivity index (χ0n) is 11.5. The third kappa shape index (κ3) is 3.90. The monoisotopic (exact) mass is 381 g/mol. The van der Waals surface area contributed by atoms with Crippen LogP contribution in [-0.2, 0) is 17.8 Å². The smallest absolute Gasteiger partial charge is 0.223 e. The van der Waals surface area contributed by atoms with Gasteiger partial charge in [0, 0.05) is 39.5 Å². The lowest BCUT2D eigenvalue weighted by atomic mass is 10.1. The van der Waals surface area contributed by atoms with Crippen molar-refractivity contribution in [3.05, 3.63) is 50.6 Å². The molecule has 5 heteroatoms. The zero-order valence-corrected chi connectivity index (χ0v) is 14.8. The molecular weight excluding hydrogens is 366 g/mol. The molecule has 0 radical (unpaired) electrons. The summed E-state index contributed by atoms with van der Waals surface area (Å²) in [5.74, 6) is 1.12. The van der Waals surface area contributed by atoms with Gasteiger partial charge in [-0.2, -0.15) is 0 Å². The molecule has 0 unspecified atom stereocenters. The van der Waals surface area contributed by atoms with Gasteiger partial charge in [0.05, 0.1) is 0 Å². The number of carbonyl (C=O) groups is 1. The van der Waals surface area contributed by atoms with Crippen LogP contribution in [0.25, 0.3) is 0 Å². The molecule has 1 aromatic carbocycles. The molecule has 2 nitrogen and oxygen atoms in total. The van der Waals surface area contributed by atoms with Crippen LogP contribution in [-0.4, -0.2) is 23.1 Å². The fraction of sp³-hybridized carbons (Fsp3) is 0.312. The average molecular weight is 382 g/mol. The molecule has 0 N–H and O–H groups in total. The van der Waals surface area contributed by atoms with Gasteiger partial charge in [0.1, 0.15) is 0 Å². The number of rotatable bonds is 4. The minimum absolute atomic E-state index is 0.275. The van der Waals surface area contributed by atoms with Crippen molar-refractivity contribution >= 4 is 44.9 Å². The lowest BCUT2D eigenvalue weighted by Crippen LogP contribution is -2.35. The Balaban J connectivity index is 1.48. The molecule has 110 valence electrons. The van der Waals surface area contributed by atoms with Gasteiger partial charge in [-0.25, -0.2) is 0 Å². The normalized spacial score (nSPS) is 14.0. The van der Waals surface area contributed by atoms with Crippen LogP contribution in [0.5, 0.6) is 0 Å². The fourth-order valence-corrected chi connectivity index (χ4v) is 4.40. The third-order valence-electron chi connectivity index (χ3n) is 3.56. The van der Waals surface area contributed by atoms with Crippen LogP contribution in [0.15, 0.2) is 45.1 Å². The van der Waals surface area contributed by atoms with Gasteiger partial charge < -0.3 is 4.90 Å². The van der Waals surface area contributed by atoms with E-state index in [0.717, 1.165) is 29.7 Å². The number of halogens is 1. The second-order valence-corrected chi connectivity index (χ2v) is 8.07. The minimum atomic E-state index is 0.275. The van der Waals surface area contributed by atoms with Gasteiger partial charge in [0.25, 0.3) is 0 Å². The van der Waals surface area contributed by atoms with E-state index >= 15 is 0 Å². The van der Waals surface area contributed by atoms with Crippen LogP contribution < -0.4 is 0 Å². The van der Waals surface area contributed by atoms with Crippen molar-refractivity contribution in [2.24, 2.45) is 0 Å². The average Bonchev–Trinajstić information content (AvgIpc) is 2.96. The number of thioether (sulfide) groups is 1. The fourth-order valence-electron chi connectivity index (χ4n) is 2.41. The Morgan fingerprint density at radius 2 is 2.10 bits per heavy atom. The highest BCUT2D eigenvalue weighted by Gasteiger charge is 2.20. The van der Waals surface area contributed by atoms with Crippen molar-refractivity contribution in [3.63, 3.8) is 0 Å². The SMILES string of the molecule is O=C(CCSc1ccc(Br)cc1)N1CCc2sccc2C1. The van der Waals surface area contributed by atoms with E-state index in [1.807, 2.05) is 28.4 Å². The quantitative estimate of drug-likeness (QED) is 0.722. The Hall–Kier alpha value is -0.780. The molecule has 0 spiro atoms. The number of benzene rings is 1. The highest BCUT2D eigenvalue weighted by atomic mass is 79.9. The van der Waals surface area contributed by atoms with Crippen LogP contribution in [0.3, 0.4) is 0 Å². The Morgan fingerprint density at radius 3 is 2.90 bits per heavy atom. The summed E-state index contributed by atoms with van der Waals surface area (Å²) in [5.41, 5.74) is 1.33. The number of fused-ring (bicyclic) bond motifs is 1. The minimum Gasteiger partial charge on any atom is -0.338 e. The molecule has 0 bridgehead atoms. The molecule has 1 aliphatic heterocycles. The summed E-state index contributed by atoms with van der Waals surface area (Å²) in [6.07, 6.45) is 1.62. The summed E-state index contributed by atoms with van der Waals surface area (Å²) in [7, 11) is 0. The zero-order chi connectivity index (χ0) is 14.7. The second-order valence-electron chi connectivity index (χ2n) is 4.99. The molecule has 3 rings (SSSR count). The van der Waals surface area contributed by atoms with Crippen molar-refractivity contribution in [1.29, 1.82) is 0 Å².